The predicted octanol–water partition coefficient (Wildman–Crippen LogP) is 2.01. The Morgan fingerprint density at radius 3 is 2.41 bits per heavy atom. The van der Waals surface area contributed by atoms with Gasteiger partial charge in [-0.05, 0) is 51.0 Å². The van der Waals surface area contributed by atoms with Gasteiger partial charge in [0.2, 0.25) is 5.91 Å². The summed E-state index contributed by atoms with van der Waals surface area (Å²) in [4.78, 5) is 37.9. The average Bonchev–Trinajstić information content (AvgIpc) is 2.97. The maximum absolute atomic E-state index is 12.6. The van der Waals surface area contributed by atoms with Gasteiger partial charge in [-0.1, -0.05) is 30.3 Å². The Morgan fingerprint density at radius 2 is 1.79 bits per heavy atom. The Kier molecular flexibility index (Phi) is 6.56. The lowest BCUT2D eigenvalue weighted by Crippen LogP contribution is -2.42. The fraction of sp³-hybridized carbons (Fsp3) is 0.500. The van der Waals surface area contributed by atoms with Gasteiger partial charge in [-0.15, -0.1) is 0 Å². The topological polar surface area (TPSA) is 98.7 Å². The van der Waals surface area contributed by atoms with E-state index >= 15 is 0 Å². The van der Waals surface area contributed by atoms with Crippen LogP contribution in [0.25, 0.3) is 0 Å². The standard InChI is InChI=1S/C22H29N3O4/c1-14(2)23-19(26)13-25-12-18(20(27)22(25)29)21(28)24-17-10-8-16(9-11-17)15-6-4-3-5-7-15/h3-7,14,16-17,27H,8-13H2,1-2H3,(H,23,26)(H,24,28)/t16-,17+. The zero-order valence-electron chi connectivity index (χ0n) is 17.0. The molecule has 1 fully saturated rings. The third-order valence-corrected chi connectivity index (χ3v) is 5.52. The van der Waals surface area contributed by atoms with E-state index in [1.165, 1.54) is 10.5 Å². The molecule has 1 saturated carbocycles. The predicted molar refractivity (Wildman–Crippen MR) is 109 cm³/mol. The molecule has 7 heteroatoms. The highest BCUT2D eigenvalue weighted by atomic mass is 16.3. The van der Waals surface area contributed by atoms with Gasteiger partial charge in [0, 0.05) is 12.1 Å². The van der Waals surface area contributed by atoms with E-state index in [-0.39, 0.29) is 36.7 Å². The number of carbonyl (C=O) groups is 3. The smallest absolute Gasteiger partial charge is 0.290 e. The first-order valence-corrected chi connectivity index (χ1v) is 10.2. The molecular weight excluding hydrogens is 370 g/mol. The van der Waals surface area contributed by atoms with E-state index in [2.05, 4.69) is 22.8 Å². The van der Waals surface area contributed by atoms with Crippen molar-refractivity contribution in [3.8, 4) is 0 Å². The van der Waals surface area contributed by atoms with Crippen molar-refractivity contribution in [3.63, 3.8) is 0 Å². The largest absolute Gasteiger partial charge is 0.503 e. The van der Waals surface area contributed by atoms with Gasteiger partial charge in [-0.2, -0.15) is 0 Å². The van der Waals surface area contributed by atoms with Crippen LogP contribution in [0.1, 0.15) is 51.0 Å². The molecule has 1 aliphatic carbocycles. The van der Waals surface area contributed by atoms with Crippen LogP contribution in [0.5, 0.6) is 0 Å². The lowest BCUT2D eigenvalue weighted by Gasteiger charge is -2.29. The van der Waals surface area contributed by atoms with Crippen LogP contribution in [0.15, 0.2) is 41.7 Å². The van der Waals surface area contributed by atoms with Crippen LogP contribution in [0, 0.1) is 0 Å². The summed E-state index contributed by atoms with van der Waals surface area (Å²) >= 11 is 0. The number of carbonyl (C=O) groups excluding carboxylic acids is 3. The van der Waals surface area contributed by atoms with Gasteiger partial charge in [-0.25, -0.2) is 0 Å². The molecule has 0 radical (unpaired) electrons. The summed E-state index contributed by atoms with van der Waals surface area (Å²) in [7, 11) is 0. The van der Waals surface area contributed by atoms with E-state index in [4.69, 9.17) is 0 Å². The van der Waals surface area contributed by atoms with Crippen LogP contribution in [0.2, 0.25) is 0 Å². The Balaban J connectivity index is 1.52. The molecule has 1 heterocycles. The van der Waals surface area contributed by atoms with E-state index in [0.717, 1.165) is 25.7 Å². The maximum Gasteiger partial charge on any atom is 0.290 e. The molecule has 1 aliphatic heterocycles. The number of rotatable bonds is 6. The number of hydrogen-bond acceptors (Lipinski definition) is 4. The van der Waals surface area contributed by atoms with E-state index < -0.39 is 17.6 Å². The monoisotopic (exact) mass is 399 g/mol. The van der Waals surface area contributed by atoms with Crippen molar-refractivity contribution in [2.24, 2.45) is 0 Å². The lowest BCUT2D eigenvalue weighted by molar-refractivity contribution is -0.133. The van der Waals surface area contributed by atoms with Crippen LogP contribution in [0.3, 0.4) is 0 Å². The molecule has 0 unspecified atom stereocenters. The summed E-state index contributed by atoms with van der Waals surface area (Å²) in [5, 5.41) is 15.8. The number of aliphatic hydroxyl groups is 1. The van der Waals surface area contributed by atoms with Crippen LogP contribution < -0.4 is 10.6 Å². The summed E-state index contributed by atoms with van der Waals surface area (Å²) in [5.41, 5.74) is 1.37. The molecule has 0 aromatic heterocycles. The quantitative estimate of drug-likeness (QED) is 0.681. The van der Waals surface area contributed by atoms with Crippen molar-refractivity contribution in [3.05, 3.63) is 47.2 Å². The molecule has 2 aliphatic rings. The highest BCUT2D eigenvalue weighted by molar-refractivity contribution is 6.07. The first-order chi connectivity index (χ1) is 13.8. The molecule has 0 bridgehead atoms. The SMILES string of the molecule is CC(C)NC(=O)CN1CC(C(=O)N[C@H]2CC[C@@H](c3ccccc3)CC2)=C(O)C1=O. The van der Waals surface area contributed by atoms with Gasteiger partial charge in [0.25, 0.3) is 11.8 Å². The molecule has 0 saturated heterocycles. The lowest BCUT2D eigenvalue weighted by atomic mass is 9.82. The number of hydrogen-bond donors (Lipinski definition) is 3. The Morgan fingerprint density at radius 1 is 1.14 bits per heavy atom. The molecule has 1 aromatic carbocycles. The normalized spacial score (nSPS) is 22.2. The van der Waals surface area contributed by atoms with Gasteiger partial charge in [0.05, 0.1) is 12.1 Å². The Hall–Kier alpha value is -2.83. The third-order valence-electron chi connectivity index (χ3n) is 5.52. The highest BCUT2D eigenvalue weighted by Gasteiger charge is 2.36. The number of nitrogens with one attached hydrogen (secondary N) is 2. The first-order valence-electron chi connectivity index (χ1n) is 10.2. The van der Waals surface area contributed by atoms with E-state index in [1.807, 2.05) is 32.0 Å². The van der Waals surface area contributed by atoms with Crippen molar-refractivity contribution in [2.45, 2.75) is 57.5 Å². The second-order valence-electron chi connectivity index (χ2n) is 8.14. The minimum absolute atomic E-state index is 0.0242. The Labute approximate surface area is 171 Å². The molecule has 1 aromatic rings. The van der Waals surface area contributed by atoms with Gasteiger partial charge in [0.1, 0.15) is 6.54 Å². The van der Waals surface area contributed by atoms with Crippen LogP contribution in [-0.4, -0.2) is 52.9 Å². The number of benzene rings is 1. The molecule has 3 rings (SSSR count). The van der Waals surface area contributed by atoms with Gasteiger partial charge >= 0.3 is 0 Å². The average molecular weight is 399 g/mol. The molecule has 0 atom stereocenters. The second-order valence-corrected chi connectivity index (χ2v) is 8.14. The van der Waals surface area contributed by atoms with Crippen molar-refractivity contribution < 1.29 is 19.5 Å². The molecule has 29 heavy (non-hydrogen) atoms. The van der Waals surface area contributed by atoms with E-state index in [0.29, 0.717) is 5.92 Å². The van der Waals surface area contributed by atoms with Crippen molar-refractivity contribution in [2.75, 3.05) is 13.1 Å². The summed E-state index contributed by atoms with van der Waals surface area (Å²) in [6.07, 6.45) is 3.68. The summed E-state index contributed by atoms with van der Waals surface area (Å²) in [5.74, 6) is -1.48. The van der Waals surface area contributed by atoms with Gasteiger partial charge < -0.3 is 20.6 Å². The van der Waals surface area contributed by atoms with Crippen LogP contribution in [-0.2, 0) is 14.4 Å². The van der Waals surface area contributed by atoms with Crippen molar-refractivity contribution in [1.29, 1.82) is 0 Å². The summed E-state index contributed by atoms with van der Waals surface area (Å²) in [6, 6.07) is 10.4. The first kappa shape index (κ1) is 20.9. The fourth-order valence-electron chi connectivity index (χ4n) is 4.03. The second kappa shape index (κ2) is 9.11. The van der Waals surface area contributed by atoms with Crippen LogP contribution in [0.4, 0.5) is 0 Å². The summed E-state index contributed by atoms with van der Waals surface area (Å²) < 4.78 is 0. The minimum Gasteiger partial charge on any atom is -0.503 e. The summed E-state index contributed by atoms with van der Waals surface area (Å²) in [6.45, 7) is 3.41. The molecule has 7 nitrogen and oxygen atoms in total. The van der Waals surface area contributed by atoms with Crippen LogP contribution >= 0.6 is 0 Å². The molecule has 3 N–H and O–H groups in total. The van der Waals surface area contributed by atoms with Crippen molar-refractivity contribution in [1.82, 2.24) is 15.5 Å². The minimum atomic E-state index is -0.679. The maximum atomic E-state index is 12.6. The molecule has 0 spiro atoms. The van der Waals surface area contributed by atoms with E-state index in [1.54, 1.807) is 0 Å². The number of amides is 3. The van der Waals surface area contributed by atoms with Gasteiger partial charge in [0.15, 0.2) is 5.76 Å². The zero-order valence-corrected chi connectivity index (χ0v) is 17.0. The zero-order chi connectivity index (χ0) is 21.0. The third kappa shape index (κ3) is 5.16. The number of aliphatic hydroxyl groups excluding tert-OH is 1. The van der Waals surface area contributed by atoms with Gasteiger partial charge in [-0.3, -0.25) is 14.4 Å². The fourth-order valence-corrected chi connectivity index (χ4v) is 4.03. The Bertz CT molecular complexity index is 796. The van der Waals surface area contributed by atoms with Crippen molar-refractivity contribution >= 4 is 17.7 Å². The molecule has 3 amide bonds. The van der Waals surface area contributed by atoms with E-state index in [9.17, 15) is 19.5 Å². The molecule has 156 valence electrons. The number of nitrogens with zero attached hydrogens (tertiary/aromatic N) is 1. The molecular formula is C22H29N3O4. The highest BCUT2D eigenvalue weighted by Crippen LogP contribution is 2.33.